The second kappa shape index (κ2) is 4.82. The molecule has 1 fully saturated rings. The third-order valence-corrected chi connectivity index (χ3v) is 3.86. The van der Waals surface area contributed by atoms with Gasteiger partial charge in [0.15, 0.2) is 0 Å². The lowest BCUT2D eigenvalue weighted by Crippen LogP contribution is -2.53. The zero-order valence-corrected chi connectivity index (χ0v) is 10.3. The van der Waals surface area contributed by atoms with Crippen LogP contribution >= 0.6 is 11.6 Å². The number of rotatable bonds is 6. The van der Waals surface area contributed by atoms with Gasteiger partial charge < -0.3 is 10.1 Å². The largest absolute Gasteiger partial charge is 0.379 e. The first-order chi connectivity index (χ1) is 6.54. The molecule has 0 aromatic carbocycles. The van der Waals surface area contributed by atoms with Crippen molar-refractivity contribution in [2.45, 2.75) is 50.7 Å². The van der Waals surface area contributed by atoms with Crippen molar-refractivity contribution in [3.05, 3.63) is 0 Å². The number of nitrogens with one attached hydrogen (secondary N) is 1. The van der Waals surface area contributed by atoms with Crippen molar-refractivity contribution >= 4 is 11.6 Å². The molecule has 0 aromatic heterocycles. The Kier molecular flexibility index (Phi) is 4.23. The van der Waals surface area contributed by atoms with Crippen molar-refractivity contribution in [1.29, 1.82) is 0 Å². The first kappa shape index (κ1) is 12.3. The Morgan fingerprint density at radius 2 is 2.07 bits per heavy atom. The predicted octanol–water partition coefficient (Wildman–Crippen LogP) is 2.55. The van der Waals surface area contributed by atoms with E-state index in [2.05, 4.69) is 19.2 Å². The van der Waals surface area contributed by atoms with Crippen LogP contribution in [-0.2, 0) is 4.74 Å². The fourth-order valence-corrected chi connectivity index (χ4v) is 2.05. The monoisotopic (exact) mass is 219 g/mol. The van der Waals surface area contributed by atoms with E-state index in [1.807, 2.05) is 0 Å². The van der Waals surface area contributed by atoms with Gasteiger partial charge in [-0.15, -0.1) is 11.6 Å². The highest BCUT2D eigenvalue weighted by atomic mass is 35.5. The van der Waals surface area contributed by atoms with Crippen LogP contribution in [0.4, 0.5) is 0 Å². The second-order valence-electron chi connectivity index (χ2n) is 4.91. The van der Waals surface area contributed by atoms with Crippen molar-refractivity contribution in [3.8, 4) is 0 Å². The standard InChI is InChI=1S/C11H22ClNO/c1-10(2,14-3)7-8-13-11(9-12)5-4-6-11/h13H,4-9H2,1-3H3. The molecule has 1 saturated carbocycles. The van der Waals surface area contributed by atoms with E-state index in [1.165, 1.54) is 19.3 Å². The van der Waals surface area contributed by atoms with Gasteiger partial charge in [-0.3, -0.25) is 0 Å². The van der Waals surface area contributed by atoms with Crippen molar-refractivity contribution in [2.24, 2.45) is 0 Å². The van der Waals surface area contributed by atoms with Crippen molar-refractivity contribution in [1.82, 2.24) is 5.32 Å². The van der Waals surface area contributed by atoms with E-state index in [0.717, 1.165) is 18.8 Å². The molecular formula is C11H22ClNO. The number of alkyl halides is 1. The zero-order chi connectivity index (χ0) is 10.7. The minimum absolute atomic E-state index is 0.0236. The van der Waals surface area contributed by atoms with Crippen LogP contribution in [0.3, 0.4) is 0 Å². The van der Waals surface area contributed by atoms with E-state index in [1.54, 1.807) is 7.11 Å². The molecule has 0 aromatic rings. The van der Waals surface area contributed by atoms with E-state index in [-0.39, 0.29) is 11.1 Å². The molecule has 0 spiro atoms. The van der Waals surface area contributed by atoms with E-state index < -0.39 is 0 Å². The molecule has 0 heterocycles. The molecule has 84 valence electrons. The van der Waals surface area contributed by atoms with Gasteiger partial charge in [0, 0.05) is 18.5 Å². The molecule has 3 heteroatoms. The third-order valence-electron chi connectivity index (χ3n) is 3.35. The highest BCUT2D eigenvalue weighted by Gasteiger charge is 2.35. The van der Waals surface area contributed by atoms with Crippen LogP contribution in [0.1, 0.15) is 39.5 Å². The lowest BCUT2D eigenvalue weighted by Gasteiger charge is -2.42. The van der Waals surface area contributed by atoms with Crippen LogP contribution in [0.25, 0.3) is 0 Å². The number of methoxy groups -OCH3 is 1. The highest BCUT2D eigenvalue weighted by Crippen LogP contribution is 2.32. The average molecular weight is 220 g/mol. The topological polar surface area (TPSA) is 21.3 Å². The number of hydrogen-bond acceptors (Lipinski definition) is 2. The predicted molar refractivity (Wildman–Crippen MR) is 61.0 cm³/mol. The maximum absolute atomic E-state index is 5.95. The van der Waals surface area contributed by atoms with Gasteiger partial charge in [-0.1, -0.05) is 0 Å². The Balaban J connectivity index is 2.20. The van der Waals surface area contributed by atoms with Crippen LogP contribution in [0, 0.1) is 0 Å². The Morgan fingerprint density at radius 3 is 2.43 bits per heavy atom. The van der Waals surface area contributed by atoms with Gasteiger partial charge in [0.05, 0.1) is 5.60 Å². The lowest BCUT2D eigenvalue weighted by atomic mass is 9.78. The molecule has 14 heavy (non-hydrogen) atoms. The fourth-order valence-electron chi connectivity index (χ4n) is 1.69. The Morgan fingerprint density at radius 1 is 1.43 bits per heavy atom. The zero-order valence-electron chi connectivity index (χ0n) is 9.53. The number of hydrogen-bond donors (Lipinski definition) is 1. The summed E-state index contributed by atoms with van der Waals surface area (Å²) in [5, 5.41) is 3.56. The van der Waals surface area contributed by atoms with Crippen LogP contribution < -0.4 is 5.32 Å². The van der Waals surface area contributed by atoms with Crippen LogP contribution in [-0.4, -0.2) is 30.7 Å². The molecule has 0 saturated heterocycles. The van der Waals surface area contributed by atoms with Crippen LogP contribution in [0.2, 0.25) is 0 Å². The minimum atomic E-state index is -0.0236. The summed E-state index contributed by atoms with van der Waals surface area (Å²) in [7, 11) is 1.76. The Bertz CT molecular complexity index is 173. The normalized spacial score (nSPS) is 20.6. The van der Waals surface area contributed by atoms with Crippen molar-refractivity contribution < 1.29 is 4.74 Å². The van der Waals surface area contributed by atoms with Gasteiger partial charge in [-0.25, -0.2) is 0 Å². The van der Waals surface area contributed by atoms with E-state index in [0.29, 0.717) is 0 Å². The smallest absolute Gasteiger partial charge is 0.0634 e. The summed E-state index contributed by atoms with van der Waals surface area (Å²) in [4.78, 5) is 0. The average Bonchev–Trinajstić information content (AvgIpc) is 2.10. The molecular weight excluding hydrogens is 198 g/mol. The molecule has 0 radical (unpaired) electrons. The fraction of sp³-hybridized carbons (Fsp3) is 1.00. The SMILES string of the molecule is COC(C)(C)CCNC1(CCl)CCC1. The summed E-state index contributed by atoms with van der Waals surface area (Å²) >= 11 is 5.95. The summed E-state index contributed by atoms with van der Waals surface area (Å²) in [5.41, 5.74) is 0.218. The first-order valence-corrected chi connectivity index (χ1v) is 5.93. The van der Waals surface area contributed by atoms with Crippen LogP contribution in [0.5, 0.6) is 0 Å². The number of halogens is 1. The van der Waals surface area contributed by atoms with E-state index in [9.17, 15) is 0 Å². The number of ether oxygens (including phenoxy) is 1. The maximum atomic E-state index is 5.95. The van der Waals surface area contributed by atoms with Gasteiger partial charge in [-0.05, 0) is 46.1 Å². The second-order valence-corrected chi connectivity index (χ2v) is 5.18. The van der Waals surface area contributed by atoms with Gasteiger partial charge in [-0.2, -0.15) is 0 Å². The molecule has 0 aliphatic heterocycles. The van der Waals surface area contributed by atoms with Crippen molar-refractivity contribution in [3.63, 3.8) is 0 Å². The molecule has 0 atom stereocenters. The molecule has 1 N–H and O–H groups in total. The van der Waals surface area contributed by atoms with E-state index >= 15 is 0 Å². The molecule has 1 aliphatic rings. The molecule has 1 rings (SSSR count). The summed E-state index contributed by atoms with van der Waals surface area (Å²) in [5.74, 6) is 0.737. The summed E-state index contributed by atoms with van der Waals surface area (Å²) in [6.07, 6.45) is 4.79. The van der Waals surface area contributed by atoms with Gasteiger partial charge in [0.2, 0.25) is 0 Å². The lowest BCUT2D eigenvalue weighted by molar-refractivity contribution is 0.0131. The summed E-state index contributed by atoms with van der Waals surface area (Å²) in [6.45, 7) is 5.22. The van der Waals surface area contributed by atoms with Crippen LogP contribution in [0.15, 0.2) is 0 Å². The first-order valence-electron chi connectivity index (χ1n) is 5.40. The molecule has 0 amide bonds. The van der Waals surface area contributed by atoms with Gasteiger partial charge in [0.1, 0.15) is 0 Å². The summed E-state index contributed by atoms with van der Waals surface area (Å²) in [6, 6.07) is 0. The Hall–Kier alpha value is 0.210. The van der Waals surface area contributed by atoms with Gasteiger partial charge in [0.25, 0.3) is 0 Å². The molecule has 0 bridgehead atoms. The van der Waals surface area contributed by atoms with Crippen molar-refractivity contribution in [2.75, 3.05) is 19.5 Å². The maximum Gasteiger partial charge on any atom is 0.0634 e. The molecule has 2 nitrogen and oxygen atoms in total. The van der Waals surface area contributed by atoms with Gasteiger partial charge >= 0.3 is 0 Å². The highest BCUT2D eigenvalue weighted by molar-refractivity contribution is 6.18. The quantitative estimate of drug-likeness (QED) is 0.694. The third kappa shape index (κ3) is 3.11. The molecule has 0 unspecified atom stereocenters. The Labute approximate surface area is 92.3 Å². The minimum Gasteiger partial charge on any atom is -0.379 e. The molecule has 1 aliphatic carbocycles. The summed E-state index contributed by atoms with van der Waals surface area (Å²) < 4.78 is 5.36. The van der Waals surface area contributed by atoms with E-state index in [4.69, 9.17) is 16.3 Å².